The number of Topliss-reactive ketones (excluding diaryl/α,β-unsaturated/α-hetero) is 1. The summed E-state index contributed by atoms with van der Waals surface area (Å²) in [6.45, 7) is 0.200. The number of para-hydroxylation sites is 1. The van der Waals surface area contributed by atoms with Crippen LogP contribution in [0.3, 0.4) is 0 Å². The molecule has 32 heavy (non-hydrogen) atoms. The van der Waals surface area contributed by atoms with Gasteiger partial charge in [-0.25, -0.2) is 0 Å². The number of carbonyl (C=O) groups is 2. The Hall–Kier alpha value is -3.08. The summed E-state index contributed by atoms with van der Waals surface area (Å²) in [5.74, 6) is -1.36. The van der Waals surface area contributed by atoms with Gasteiger partial charge in [-0.15, -0.1) is 13.2 Å². The van der Waals surface area contributed by atoms with Crippen molar-refractivity contribution in [1.82, 2.24) is 4.90 Å². The van der Waals surface area contributed by atoms with Gasteiger partial charge in [-0.1, -0.05) is 24.3 Å². The number of hydrogen-bond acceptors (Lipinski definition) is 4. The average molecular weight is 458 g/mol. The molecule has 0 radical (unpaired) electrons. The van der Waals surface area contributed by atoms with Crippen molar-refractivity contribution >= 4 is 17.4 Å². The van der Waals surface area contributed by atoms with Crippen molar-refractivity contribution in [3.63, 3.8) is 0 Å². The number of piperidine rings is 1. The van der Waals surface area contributed by atoms with Gasteiger partial charge in [0.05, 0.1) is 11.3 Å². The molecule has 2 aromatic carbocycles. The maximum absolute atomic E-state index is 13.6. The molecule has 1 N–H and O–H groups in total. The Morgan fingerprint density at radius 1 is 0.906 bits per heavy atom. The molecule has 1 amide bonds. The van der Waals surface area contributed by atoms with Crippen molar-refractivity contribution in [2.45, 2.75) is 30.9 Å². The van der Waals surface area contributed by atoms with Crippen molar-refractivity contribution < 1.29 is 40.7 Å². The van der Waals surface area contributed by atoms with Gasteiger partial charge in [0.15, 0.2) is 5.54 Å². The lowest BCUT2D eigenvalue weighted by molar-refractivity contribution is -0.274. The molecular formula is C21H16F6N2O3. The summed E-state index contributed by atoms with van der Waals surface area (Å²) in [6, 6.07) is 7.82. The molecule has 1 atom stereocenters. The van der Waals surface area contributed by atoms with Crippen LogP contribution in [-0.4, -0.2) is 36.0 Å². The molecule has 5 nitrogen and oxygen atoms in total. The molecule has 4 rings (SSSR count). The Balaban J connectivity index is 1.88. The van der Waals surface area contributed by atoms with E-state index in [0.29, 0.717) is 0 Å². The molecular weight excluding hydrogens is 442 g/mol. The van der Waals surface area contributed by atoms with Crippen LogP contribution in [0.2, 0.25) is 0 Å². The number of fused-ring (bicyclic) bond motifs is 1. The molecule has 11 heteroatoms. The lowest BCUT2D eigenvalue weighted by Gasteiger charge is -2.42. The Morgan fingerprint density at radius 3 is 2.09 bits per heavy atom. The van der Waals surface area contributed by atoms with Gasteiger partial charge in [0.1, 0.15) is 11.5 Å². The van der Waals surface area contributed by atoms with Gasteiger partial charge in [0.2, 0.25) is 0 Å². The summed E-state index contributed by atoms with van der Waals surface area (Å²) in [7, 11) is 0. The minimum atomic E-state index is -4.93. The summed E-state index contributed by atoms with van der Waals surface area (Å²) in [5, 5.41) is 2.33. The molecule has 0 aromatic heterocycles. The van der Waals surface area contributed by atoms with E-state index < -0.39 is 41.0 Å². The number of likely N-dealkylation sites (tertiary alicyclic amines) is 1. The predicted molar refractivity (Wildman–Crippen MR) is 99.8 cm³/mol. The SMILES string of the molecule is O=C1CCN(C2(c3ccc(OC(F)(F)F)cc3)C(=O)Nc3c(C(F)(F)F)cccc32)CC1. The van der Waals surface area contributed by atoms with Crippen LogP contribution in [0.15, 0.2) is 42.5 Å². The smallest absolute Gasteiger partial charge is 0.406 e. The lowest BCUT2D eigenvalue weighted by Crippen LogP contribution is -2.54. The summed E-state index contributed by atoms with van der Waals surface area (Å²) < 4.78 is 82.2. The number of benzene rings is 2. The zero-order valence-corrected chi connectivity index (χ0v) is 16.3. The average Bonchev–Trinajstić information content (AvgIpc) is 3.00. The standard InChI is InChI=1S/C21H16F6N2O3/c22-20(23,24)16-3-1-2-15-17(16)28-18(31)19(15,29-10-8-13(30)9-11-29)12-4-6-14(7-5-12)32-21(25,26)27/h1-7H,8-11H2,(H,28,31). The van der Waals surface area contributed by atoms with Crippen LogP contribution in [0.5, 0.6) is 5.75 Å². The van der Waals surface area contributed by atoms with Crippen molar-refractivity contribution in [1.29, 1.82) is 0 Å². The highest BCUT2D eigenvalue weighted by Gasteiger charge is 2.55. The number of amides is 1. The fourth-order valence-corrected chi connectivity index (χ4v) is 4.32. The van der Waals surface area contributed by atoms with Crippen LogP contribution in [0, 0.1) is 0 Å². The number of carbonyl (C=O) groups excluding carboxylic acids is 2. The minimum absolute atomic E-state index is 0.0242. The maximum atomic E-state index is 13.6. The number of hydrogen-bond donors (Lipinski definition) is 1. The number of ether oxygens (including phenoxy) is 1. The summed E-state index contributed by atoms with van der Waals surface area (Å²) in [6.07, 6.45) is -9.47. The lowest BCUT2D eigenvalue weighted by atomic mass is 9.80. The van der Waals surface area contributed by atoms with E-state index in [9.17, 15) is 35.9 Å². The summed E-state index contributed by atoms with van der Waals surface area (Å²) >= 11 is 0. The first-order valence-corrected chi connectivity index (χ1v) is 9.58. The quantitative estimate of drug-likeness (QED) is 0.690. The highest BCUT2D eigenvalue weighted by atomic mass is 19.4. The molecule has 1 unspecified atom stereocenters. The Bertz CT molecular complexity index is 1050. The van der Waals surface area contributed by atoms with E-state index in [0.717, 1.165) is 18.2 Å². The molecule has 0 bridgehead atoms. The molecule has 0 aliphatic carbocycles. The highest BCUT2D eigenvalue weighted by Crippen LogP contribution is 2.50. The molecule has 170 valence electrons. The molecule has 0 saturated carbocycles. The Kier molecular flexibility index (Phi) is 5.19. The van der Waals surface area contributed by atoms with Crippen molar-refractivity contribution in [3.05, 3.63) is 59.2 Å². The van der Waals surface area contributed by atoms with E-state index >= 15 is 0 Å². The topological polar surface area (TPSA) is 58.6 Å². The van der Waals surface area contributed by atoms with Gasteiger partial charge in [0, 0.05) is 31.5 Å². The second-order valence-corrected chi connectivity index (χ2v) is 7.49. The zero-order chi connectivity index (χ0) is 23.3. The largest absolute Gasteiger partial charge is 0.573 e. The third kappa shape index (κ3) is 3.70. The van der Waals surface area contributed by atoms with Gasteiger partial charge in [-0.2, -0.15) is 13.2 Å². The van der Waals surface area contributed by atoms with Gasteiger partial charge >= 0.3 is 12.5 Å². The fourth-order valence-electron chi connectivity index (χ4n) is 4.32. The summed E-state index contributed by atoms with van der Waals surface area (Å²) in [5.41, 5.74) is -2.99. The van der Waals surface area contributed by atoms with Gasteiger partial charge < -0.3 is 10.1 Å². The molecule has 2 aliphatic rings. The normalized spacial score (nSPS) is 21.9. The molecule has 0 spiro atoms. The number of alkyl halides is 6. The first-order valence-electron chi connectivity index (χ1n) is 9.58. The first-order chi connectivity index (χ1) is 14.9. The van der Waals surface area contributed by atoms with Crippen molar-refractivity contribution in [2.75, 3.05) is 18.4 Å². The third-order valence-electron chi connectivity index (χ3n) is 5.63. The maximum Gasteiger partial charge on any atom is 0.573 e. The molecule has 1 fully saturated rings. The van der Waals surface area contributed by atoms with E-state index in [1.807, 2.05) is 0 Å². The minimum Gasteiger partial charge on any atom is -0.406 e. The number of nitrogens with one attached hydrogen (secondary N) is 1. The van der Waals surface area contributed by atoms with Crippen LogP contribution in [0.1, 0.15) is 29.5 Å². The predicted octanol–water partition coefficient (Wildman–Crippen LogP) is 4.46. The van der Waals surface area contributed by atoms with E-state index in [1.54, 1.807) is 4.90 Å². The van der Waals surface area contributed by atoms with Crippen LogP contribution in [0.25, 0.3) is 0 Å². The number of nitrogens with zero attached hydrogens (tertiary/aromatic N) is 1. The zero-order valence-electron chi connectivity index (χ0n) is 16.3. The second-order valence-electron chi connectivity index (χ2n) is 7.49. The van der Waals surface area contributed by atoms with Gasteiger partial charge in [0.25, 0.3) is 5.91 Å². The van der Waals surface area contributed by atoms with Crippen LogP contribution in [0.4, 0.5) is 32.0 Å². The Labute approximate surface area is 178 Å². The van der Waals surface area contributed by atoms with Crippen molar-refractivity contribution in [2.24, 2.45) is 0 Å². The monoisotopic (exact) mass is 458 g/mol. The number of ketones is 1. The third-order valence-corrected chi connectivity index (χ3v) is 5.63. The van der Waals surface area contributed by atoms with Crippen LogP contribution < -0.4 is 10.1 Å². The number of halogens is 6. The highest BCUT2D eigenvalue weighted by molar-refractivity contribution is 6.09. The van der Waals surface area contributed by atoms with Crippen LogP contribution >= 0.6 is 0 Å². The Morgan fingerprint density at radius 2 is 1.53 bits per heavy atom. The second kappa shape index (κ2) is 7.51. The molecule has 2 aliphatic heterocycles. The van der Waals surface area contributed by atoms with E-state index in [-0.39, 0.29) is 42.8 Å². The fraction of sp³-hybridized carbons (Fsp3) is 0.333. The number of rotatable bonds is 3. The van der Waals surface area contributed by atoms with Gasteiger partial charge in [-0.3, -0.25) is 14.5 Å². The summed E-state index contributed by atoms with van der Waals surface area (Å²) in [4.78, 5) is 26.7. The first kappa shape index (κ1) is 22.1. The van der Waals surface area contributed by atoms with E-state index in [1.165, 1.54) is 24.3 Å². The molecule has 2 heterocycles. The van der Waals surface area contributed by atoms with E-state index in [2.05, 4.69) is 10.1 Å². The number of anilines is 1. The van der Waals surface area contributed by atoms with Gasteiger partial charge in [-0.05, 0) is 23.8 Å². The van der Waals surface area contributed by atoms with Crippen molar-refractivity contribution in [3.8, 4) is 5.75 Å². The molecule has 1 saturated heterocycles. The van der Waals surface area contributed by atoms with E-state index in [4.69, 9.17) is 0 Å². The van der Waals surface area contributed by atoms with Crippen LogP contribution in [-0.2, 0) is 21.3 Å². The molecule has 2 aromatic rings.